The number of aliphatic carboxylic acids is 1. The van der Waals surface area contributed by atoms with Gasteiger partial charge in [0.25, 0.3) is 0 Å². The van der Waals surface area contributed by atoms with Gasteiger partial charge in [0.1, 0.15) is 18.1 Å². The number of carboxylic acid groups (broad SMARTS) is 1. The first-order valence-electron chi connectivity index (χ1n) is 13.7. The highest BCUT2D eigenvalue weighted by Gasteiger charge is 2.31. The third-order valence-corrected chi connectivity index (χ3v) is 7.22. The van der Waals surface area contributed by atoms with Crippen LogP contribution >= 0.6 is 11.8 Å². The standard InChI is InChI=1S/C27H41N9O6S/c1-43-12-10-19(34-23(38)17(28)6-4-11-32-27(30)31)24(39)36-21(13-15-14-33-18-7-3-2-5-16(15)18)25(40)35-20(26(41)42)8-9-22(29)37/h2-3,5,7,14,17,19-21,33H,4,6,8-13,28H2,1H3,(H2,29,37)(H,34,38)(H,35,40)(H,36,39)(H,41,42)(H4,30,31,32). The van der Waals surface area contributed by atoms with Crippen LogP contribution in [0.1, 0.15) is 37.7 Å². The van der Waals surface area contributed by atoms with Crippen molar-refractivity contribution in [2.45, 2.75) is 62.7 Å². The third-order valence-electron chi connectivity index (χ3n) is 6.57. The first-order valence-corrected chi connectivity index (χ1v) is 15.1. The molecule has 16 heteroatoms. The van der Waals surface area contributed by atoms with Crippen molar-refractivity contribution in [1.29, 1.82) is 0 Å². The van der Waals surface area contributed by atoms with Crippen LogP contribution in [0.2, 0.25) is 0 Å². The van der Waals surface area contributed by atoms with Gasteiger partial charge < -0.3 is 49.0 Å². The number of carbonyl (C=O) groups is 5. The van der Waals surface area contributed by atoms with Gasteiger partial charge in [-0.25, -0.2) is 4.79 Å². The molecule has 0 spiro atoms. The number of para-hydroxylation sites is 1. The summed E-state index contributed by atoms with van der Waals surface area (Å²) in [6.45, 7) is 0.293. The quantitative estimate of drug-likeness (QED) is 0.0506. The van der Waals surface area contributed by atoms with Gasteiger partial charge >= 0.3 is 5.97 Å². The van der Waals surface area contributed by atoms with Gasteiger partial charge in [0.15, 0.2) is 5.96 Å². The van der Waals surface area contributed by atoms with E-state index in [0.717, 1.165) is 10.9 Å². The van der Waals surface area contributed by atoms with Crippen LogP contribution in [-0.2, 0) is 30.4 Å². The van der Waals surface area contributed by atoms with Crippen LogP contribution in [0.5, 0.6) is 0 Å². The largest absolute Gasteiger partial charge is 0.480 e. The number of nitrogens with zero attached hydrogens (tertiary/aromatic N) is 1. The number of aromatic nitrogens is 1. The Morgan fingerprint density at radius 3 is 2.23 bits per heavy atom. The Kier molecular flexibility index (Phi) is 14.3. The molecule has 4 atom stereocenters. The Balaban J connectivity index is 2.25. The number of aromatic amines is 1. The number of aliphatic imine (C=N–C) groups is 1. The molecule has 1 aromatic carbocycles. The van der Waals surface area contributed by atoms with Crippen molar-refractivity contribution >= 4 is 58.2 Å². The topological polar surface area (TPSA) is 274 Å². The molecule has 0 radical (unpaired) electrons. The fraction of sp³-hybridized carbons (Fsp3) is 0.481. The van der Waals surface area contributed by atoms with Crippen molar-refractivity contribution in [2.75, 3.05) is 18.6 Å². The zero-order chi connectivity index (χ0) is 31.9. The van der Waals surface area contributed by atoms with Gasteiger partial charge in [-0.1, -0.05) is 18.2 Å². The minimum atomic E-state index is -1.41. The predicted octanol–water partition coefficient (Wildman–Crippen LogP) is -1.35. The number of primary amides is 1. The average Bonchev–Trinajstić information content (AvgIpc) is 3.36. The van der Waals surface area contributed by atoms with Crippen molar-refractivity contribution in [3.63, 3.8) is 0 Å². The molecule has 13 N–H and O–H groups in total. The zero-order valence-electron chi connectivity index (χ0n) is 24.0. The average molecular weight is 620 g/mol. The summed E-state index contributed by atoms with van der Waals surface area (Å²) in [4.78, 5) is 69.7. The molecule has 2 aromatic rings. The molecule has 0 aliphatic carbocycles. The van der Waals surface area contributed by atoms with Crippen LogP contribution in [0, 0.1) is 0 Å². The van der Waals surface area contributed by atoms with Crippen LogP contribution in [0.3, 0.4) is 0 Å². The van der Waals surface area contributed by atoms with E-state index in [1.807, 2.05) is 30.5 Å². The van der Waals surface area contributed by atoms with Gasteiger partial charge in [-0.05, 0) is 49.3 Å². The number of nitrogens with one attached hydrogen (secondary N) is 4. The highest BCUT2D eigenvalue weighted by atomic mass is 32.2. The zero-order valence-corrected chi connectivity index (χ0v) is 24.8. The van der Waals surface area contributed by atoms with Gasteiger partial charge in [0.2, 0.25) is 23.6 Å². The van der Waals surface area contributed by atoms with Gasteiger partial charge in [0.05, 0.1) is 6.04 Å². The van der Waals surface area contributed by atoms with Crippen molar-refractivity contribution < 1.29 is 29.1 Å². The number of hydrogen-bond acceptors (Lipinski definition) is 8. The minimum absolute atomic E-state index is 0.0112. The maximum absolute atomic E-state index is 13.5. The molecule has 4 amide bonds. The molecule has 0 aliphatic rings. The summed E-state index contributed by atoms with van der Waals surface area (Å²) in [6.07, 6.45) is 4.04. The minimum Gasteiger partial charge on any atom is -0.480 e. The summed E-state index contributed by atoms with van der Waals surface area (Å²) in [5.41, 5.74) is 23.3. The molecule has 1 aromatic heterocycles. The summed E-state index contributed by atoms with van der Waals surface area (Å²) >= 11 is 1.46. The van der Waals surface area contributed by atoms with Crippen LogP contribution in [0.15, 0.2) is 35.5 Å². The summed E-state index contributed by atoms with van der Waals surface area (Å²) in [5, 5.41) is 18.2. The maximum atomic E-state index is 13.5. The SMILES string of the molecule is CSCCC(NC(=O)C(N)CCCN=C(N)N)C(=O)NC(Cc1c[nH]c2ccccc12)C(=O)NC(CCC(N)=O)C(=O)O. The van der Waals surface area contributed by atoms with E-state index in [9.17, 15) is 29.1 Å². The Morgan fingerprint density at radius 1 is 0.930 bits per heavy atom. The number of nitrogens with two attached hydrogens (primary N) is 4. The van der Waals surface area contributed by atoms with Crippen molar-refractivity contribution in [3.05, 3.63) is 36.0 Å². The Hall–Kier alpha value is -4.31. The van der Waals surface area contributed by atoms with Crippen LogP contribution < -0.4 is 38.9 Å². The summed E-state index contributed by atoms with van der Waals surface area (Å²) in [7, 11) is 0. The normalized spacial score (nSPS) is 13.7. The van der Waals surface area contributed by atoms with Gasteiger partial charge in [-0.15, -0.1) is 0 Å². The number of carboxylic acids is 1. The van der Waals surface area contributed by atoms with Crippen molar-refractivity contribution in [1.82, 2.24) is 20.9 Å². The number of H-pyrrole nitrogens is 1. The van der Waals surface area contributed by atoms with E-state index in [1.54, 1.807) is 6.20 Å². The summed E-state index contributed by atoms with van der Waals surface area (Å²) < 4.78 is 0. The molecule has 4 unspecified atom stereocenters. The molecular weight excluding hydrogens is 578 g/mol. The molecular formula is C27H41N9O6S. The molecule has 236 valence electrons. The van der Waals surface area contributed by atoms with E-state index < -0.39 is 53.8 Å². The highest BCUT2D eigenvalue weighted by molar-refractivity contribution is 7.98. The molecule has 15 nitrogen and oxygen atoms in total. The first kappa shape index (κ1) is 34.9. The van der Waals surface area contributed by atoms with Gasteiger partial charge in [0, 0.05) is 36.5 Å². The Labute approximate surface area is 253 Å². The van der Waals surface area contributed by atoms with Crippen LogP contribution in [0.25, 0.3) is 10.9 Å². The number of fused-ring (bicyclic) bond motifs is 1. The number of carbonyl (C=O) groups excluding carboxylic acids is 4. The van der Waals surface area contributed by atoms with E-state index in [-0.39, 0.29) is 38.1 Å². The second kappa shape index (κ2) is 17.6. The van der Waals surface area contributed by atoms with E-state index in [4.69, 9.17) is 22.9 Å². The van der Waals surface area contributed by atoms with Crippen molar-refractivity contribution in [2.24, 2.45) is 27.9 Å². The Morgan fingerprint density at radius 2 is 1.58 bits per heavy atom. The fourth-order valence-corrected chi connectivity index (χ4v) is 4.72. The van der Waals surface area contributed by atoms with Crippen LogP contribution in [0.4, 0.5) is 0 Å². The van der Waals surface area contributed by atoms with E-state index in [1.165, 1.54) is 11.8 Å². The molecule has 1 heterocycles. The molecule has 0 bridgehead atoms. The fourth-order valence-electron chi connectivity index (χ4n) is 4.25. The smallest absolute Gasteiger partial charge is 0.326 e. The second-order valence-corrected chi connectivity index (χ2v) is 10.9. The predicted molar refractivity (Wildman–Crippen MR) is 165 cm³/mol. The second-order valence-electron chi connectivity index (χ2n) is 9.93. The lowest BCUT2D eigenvalue weighted by atomic mass is 10.0. The van der Waals surface area contributed by atoms with Gasteiger partial charge in [-0.3, -0.25) is 24.2 Å². The van der Waals surface area contributed by atoms with Gasteiger partial charge in [-0.2, -0.15) is 11.8 Å². The number of thioether (sulfide) groups is 1. The molecule has 0 fully saturated rings. The number of benzene rings is 1. The lowest BCUT2D eigenvalue weighted by Crippen LogP contribution is -2.57. The highest BCUT2D eigenvalue weighted by Crippen LogP contribution is 2.19. The number of guanidine groups is 1. The molecule has 0 aliphatic heterocycles. The lowest BCUT2D eigenvalue weighted by molar-refractivity contribution is -0.142. The summed E-state index contributed by atoms with van der Waals surface area (Å²) in [5.74, 6) is -3.59. The molecule has 43 heavy (non-hydrogen) atoms. The van der Waals surface area contributed by atoms with Crippen molar-refractivity contribution in [3.8, 4) is 0 Å². The van der Waals surface area contributed by atoms with E-state index >= 15 is 0 Å². The van der Waals surface area contributed by atoms with Crippen LogP contribution in [-0.4, -0.2) is 88.4 Å². The number of amides is 4. The molecule has 2 rings (SSSR count). The third kappa shape index (κ3) is 11.8. The van der Waals surface area contributed by atoms with E-state index in [2.05, 4.69) is 25.9 Å². The molecule has 0 saturated heterocycles. The maximum Gasteiger partial charge on any atom is 0.326 e. The first-order chi connectivity index (χ1) is 20.4. The molecule has 0 saturated carbocycles. The summed E-state index contributed by atoms with van der Waals surface area (Å²) in [6, 6.07) is 2.79. The van der Waals surface area contributed by atoms with E-state index in [0.29, 0.717) is 24.3 Å². The number of rotatable bonds is 19. The Bertz CT molecular complexity index is 1300. The lowest BCUT2D eigenvalue weighted by Gasteiger charge is -2.25. The number of hydrogen-bond donors (Lipinski definition) is 9. The monoisotopic (exact) mass is 619 g/mol.